The van der Waals surface area contributed by atoms with Crippen LogP contribution in [0.5, 0.6) is 0 Å². The highest BCUT2D eigenvalue weighted by atomic mass is 16.6. The van der Waals surface area contributed by atoms with Gasteiger partial charge in [-0.3, -0.25) is 0 Å². The van der Waals surface area contributed by atoms with Crippen LogP contribution >= 0.6 is 0 Å². The van der Waals surface area contributed by atoms with Crippen molar-refractivity contribution in [2.45, 2.75) is 102 Å². The van der Waals surface area contributed by atoms with Crippen LogP contribution in [0.15, 0.2) is 91.0 Å². The first kappa shape index (κ1) is 32.4. The van der Waals surface area contributed by atoms with E-state index in [1.807, 2.05) is 75.4 Å². The molecule has 0 radical (unpaired) electrons. The van der Waals surface area contributed by atoms with E-state index < -0.39 is 29.4 Å². The molecule has 3 aromatic rings. The number of amides is 1. The van der Waals surface area contributed by atoms with Crippen LogP contribution in [-0.4, -0.2) is 35.6 Å². The molecule has 2 atom stereocenters. The second-order valence-corrected chi connectivity index (χ2v) is 11.8. The number of ether oxygens (including phenoxy) is 2. The van der Waals surface area contributed by atoms with Crippen LogP contribution in [0.4, 0.5) is 4.79 Å². The van der Waals surface area contributed by atoms with E-state index in [1.54, 1.807) is 0 Å². The summed E-state index contributed by atoms with van der Waals surface area (Å²) in [6.07, 6.45) is 7.33. The standard InChI is InChI=1S/C36H49NO4/c1-5-6-7-8-9-10-20-27-33(38)32(37-34(39)41-35(2,3)4)28-40-36(29-21-14-11-15-22-29,30-23-16-12-17-24-30)31-25-18-13-19-26-31/h11-19,21-26,32-33,38H,5-10,20,27-28H2,1-4H3,(H,37,39)/t32-,33+/m0/s1. The topological polar surface area (TPSA) is 67.8 Å². The van der Waals surface area contributed by atoms with Gasteiger partial charge in [-0.1, -0.05) is 143 Å². The molecule has 2 N–H and O–H groups in total. The van der Waals surface area contributed by atoms with Gasteiger partial charge in [0.25, 0.3) is 0 Å². The van der Waals surface area contributed by atoms with Gasteiger partial charge in [-0.05, 0) is 43.9 Å². The average Bonchev–Trinajstić information content (AvgIpc) is 2.97. The van der Waals surface area contributed by atoms with Gasteiger partial charge in [0, 0.05) is 0 Å². The van der Waals surface area contributed by atoms with Crippen molar-refractivity contribution in [2.75, 3.05) is 6.61 Å². The van der Waals surface area contributed by atoms with Gasteiger partial charge in [0.15, 0.2) is 0 Å². The number of hydrogen-bond donors (Lipinski definition) is 2. The van der Waals surface area contributed by atoms with Gasteiger partial charge in [0.05, 0.1) is 18.8 Å². The molecule has 0 spiro atoms. The van der Waals surface area contributed by atoms with Crippen LogP contribution in [-0.2, 0) is 15.1 Å². The lowest BCUT2D eigenvalue weighted by Crippen LogP contribution is -2.50. The Bertz CT molecular complexity index is 1030. The fourth-order valence-electron chi connectivity index (χ4n) is 5.20. The number of nitrogens with one attached hydrogen (secondary N) is 1. The molecular formula is C36H49NO4. The van der Waals surface area contributed by atoms with Crippen LogP contribution < -0.4 is 5.32 Å². The normalized spacial score (nSPS) is 13.4. The van der Waals surface area contributed by atoms with Crippen molar-refractivity contribution in [2.24, 2.45) is 0 Å². The summed E-state index contributed by atoms with van der Waals surface area (Å²) in [5, 5.41) is 14.3. The Hall–Kier alpha value is -3.15. The van der Waals surface area contributed by atoms with Crippen LogP contribution in [0.2, 0.25) is 0 Å². The summed E-state index contributed by atoms with van der Waals surface area (Å²) in [4.78, 5) is 12.9. The molecule has 3 aromatic carbocycles. The van der Waals surface area contributed by atoms with Crippen LogP contribution in [0.3, 0.4) is 0 Å². The van der Waals surface area contributed by atoms with Crippen LogP contribution in [0.1, 0.15) is 95.8 Å². The van der Waals surface area contributed by atoms with E-state index in [0.29, 0.717) is 6.42 Å². The zero-order valence-corrected chi connectivity index (χ0v) is 25.4. The molecular weight excluding hydrogens is 510 g/mol. The van der Waals surface area contributed by atoms with E-state index in [9.17, 15) is 9.90 Å². The molecule has 0 fully saturated rings. The predicted octanol–water partition coefficient (Wildman–Crippen LogP) is 8.39. The molecule has 0 heterocycles. The van der Waals surface area contributed by atoms with E-state index in [2.05, 4.69) is 48.6 Å². The highest BCUT2D eigenvalue weighted by molar-refractivity contribution is 5.68. The second kappa shape index (κ2) is 16.3. The lowest BCUT2D eigenvalue weighted by atomic mass is 9.80. The molecule has 41 heavy (non-hydrogen) atoms. The van der Waals surface area contributed by atoms with Gasteiger partial charge in [-0.2, -0.15) is 0 Å². The van der Waals surface area contributed by atoms with Crippen molar-refractivity contribution in [3.8, 4) is 0 Å². The molecule has 0 bridgehead atoms. The fourth-order valence-corrected chi connectivity index (χ4v) is 5.20. The molecule has 3 rings (SSSR count). The number of rotatable bonds is 16. The number of unbranched alkanes of at least 4 members (excludes halogenated alkanes) is 6. The number of aliphatic hydroxyl groups is 1. The van der Waals surface area contributed by atoms with Gasteiger partial charge in [0.1, 0.15) is 11.2 Å². The van der Waals surface area contributed by atoms with E-state index in [-0.39, 0.29) is 6.61 Å². The maximum atomic E-state index is 12.9. The quantitative estimate of drug-likeness (QED) is 0.137. The van der Waals surface area contributed by atoms with Crippen LogP contribution in [0, 0.1) is 0 Å². The largest absolute Gasteiger partial charge is 0.444 e. The number of aliphatic hydroxyl groups excluding tert-OH is 1. The molecule has 0 aliphatic carbocycles. The van der Waals surface area contributed by atoms with Gasteiger partial charge < -0.3 is 19.9 Å². The predicted molar refractivity (Wildman–Crippen MR) is 167 cm³/mol. The lowest BCUT2D eigenvalue weighted by molar-refractivity contribution is -0.0288. The number of carbonyl (C=O) groups is 1. The molecule has 1 amide bonds. The smallest absolute Gasteiger partial charge is 0.408 e. The van der Waals surface area contributed by atoms with Gasteiger partial charge in [-0.25, -0.2) is 4.79 Å². The molecule has 0 saturated heterocycles. The monoisotopic (exact) mass is 559 g/mol. The number of alkyl carbamates (subject to hydrolysis) is 1. The summed E-state index contributed by atoms with van der Waals surface area (Å²) in [5.74, 6) is 0. The number of carbonyl (C=O) groups excluding carboxylic acids is 1. The molecule has 0 aromatic heterocycles. The highest BCUT2D eigenvalue weighted by Gasteiger charge is 2.39. The van der Waals surface area contributed by atoms with Crippen molar-refractivity contribution in [3.63, 3.8) is 0 Å². The molecule has 5 nitrogen and oxygen atoms in total. The highest BCUT2D eigenvalue weighted by Crippen LogP contribution is 2.40. The van der Waals surface area contributed by atoms with Gasteiger partial charge in [0.2, 0.25) is 0 Å². The van der Waals surface area contributed by atoms with E-state index in [0.717, 1.165) is 36.0 Å². The zero-order valence-electron chi connectivity index (χ0n) is 25.4. The first-order chi connectivity index (χ1) is 19.8. The molecule has 0 aliphatic rings. The third-order valence-electron chi connectivity index (χ3n) is 7.29. The van der Waals surface area contributed by atoms with Crippen molar-refractivity contribution in [1.29, 1.82) is 0 Å². The summed E-state index contributed by atoms with van der Waals surface area (Å²) in [7, 11) is 0. The molecule has 0 saturated carbocycles. The van der Waals surface area contributed by atoms with Crippen molar-refractivity contribution >= 4 is 6.09 Å². The van der Waals surface area contributed by atoms with Gasteiger partial charge >= 0.3 is 6.09 Å². The van der Waals surface area contributed by atoms with E-state index in [1.165, 1.54) is 25.7 Å². The lowest BCUT2D eigenvalue weighted by Gasteiger charge is -2.38. The second-order valence-electron chi connectivity index (χ2n) is 11.8. The molecule has 0 unspecified atom stereocenters. The summed E-state index contributed by atoms with van der Waals surface area (Å²) in [6, 6.07) is 29.7. The SMILES string of the molecule is CCCCCCCCC[C@@H](O)[C@H](COC(c1ccccc1)(c1ccccc1)c1ccccc1)NC(=O)OC(C)(C)C. The fraction of sp³-hybridized carbons (Fsp3) is 0.472. The van der Waals surface area contributed by atoms with Crippen molar-refractivity contribution < 1.29 is 19.4 Å². The Morgan fingerprint density at radius 1 is 0.732 bits per heavy atom. The average molecular weight is 560 g/mol. The van der Waals surface area contributed by atoms with E-state index >= 15 is 0 Å². The zero-order chi connectivity index (χ0) is 29.6. The molecule has 5 heteroatoms. The minimum Gasteiger partial charge on any atom is -0.444 e. The third-order valence-corrected chi connectivity index (χ3v) is 7.29. The van der Waals surface area contributed by atoms with Gasteiger partial charge in [-0.15, -0.1) is 0 Å². The first-order valence-electron chi connectivity index (χ1n) is 15.2. The Labute approximate surface area is 247 Å². The Morgan fingerprint density at radius 2 is 1.17 bits per heavy atom. The number of benzene rings is 3. The third kappa shape index (κ3) is 10.0. The molecule has 222 valence electrons. The minimum absolute atomic E-state index is 0.0928. The molecule has 0 aliphatic heterocycles. The Morgan fingerprint density at radius 3 is 1.61 bits per heavy atom. The first-order valence-corrected chi connectivity index (χ1v) is 15.2. The Kier molecular flexibility index (Phi) is 12.9. The summed E-state index contributed by atoms with van der Waals surface area (Å²) >= 11 is 0. The maximum Gasteiger partial charge on any atom is 0.408 e. The summed E-state index contributed by atoms with van der Waals surface area (Å²) < 4.78 is 12.5. The van der Waals surface area contributed by atoms with Crippen molar-refractivity contribution in [1.82, 2.24) is 5.32 Å². The maximum absolute atomic E-state index is 12.9. The summed E-state index contributed by atoms with van der Waals surface area (Å²) in [6.45, 7) is 7.81. The van der Waals surface area contributed by atoms with Crippen LogP contribution in [0.25, 0.3) is 0 Å². The number of hydrogen-bond acceptors (Lipinski definition) is 4. The Balaban J connectivity index is 1.89. The van der Waals surface area contributed by atoms with Crippen molar-refractivity contribution in [3.05, 3.63) is 108 Å². The minimum atomic E-state index is -0.948. The van der Waals surface area contributed by atoms with E-state index in [4.69, 9.17) is 9.47 Å². The summed E-state index contributed by atoms with van der Waals surface area (Å²) in [5.41, 5.74) is 1.30.